The summed E-state index contributed by atoms with van der Waals surface area (Å²) in [4.78, 5) is 0. The van der Waals surface area contributed by atoms with E-state index in [2.05, 4.69) is 5.32 Å². The summed E-state index contributed by atoms with van der Waals surface area (Å²) in [6.45, 7) is 1.34. The van der Waals surface area contributed by atoms with Crippen LogP contribution in [-0.2, 0) is 6.54 Å². The van der Waals surface area contributed by atoms with Crippen molar-refractivity contribution in [2.45, 2.75) is 25.8 Å². The van der Waals surface area contributed by atoms with Gasteiger partial charge in [0.25, 0.3) is 0 Å². The van der Waals surface area contributed by atoms with E-state index in [1.165, 1.54) is 25.3 Å². The molecule has 1 aliphatic rings. The molecule has 0 saturated heterocycles. The van der Waals surface area contributed by atoms with E-state index in [9.17, 15) is 4.39 Å². The Morgan fingerprint density at radius 1 is 1.44 bits per heavy atom. The predicted molar refractivity (Wildman–Crippen MR) is 62.0 cm³/mol. The van der Waals surface area contributed by atoms with Crippen molar-refractivity contribution >= 4 is 0 Å². The van der Waals surface area contributed by atoms with Crippen LogP contribution in [0.5, 0.6) is 5.75 Å². The summed E-state index contributed by atoms with van der Waals surface area (Å²) < 4.78 is 19.1. The van der Waals surface area contributed by atoms with Gasteiger partial charge in [-0.3, -0.25) is 0 Å². The summed E-state index contributed by atoms with van der Waals surface area (Å²) in [6.07, 6.45) is 3.73. The second-order valence-corrected chi connectivity index (χ2v) is 4.40. The first-order chi connectivity index (χ1) is 7.79. The third kappa shape index (κ3) is 2.73. The smallest absolute Gasteiger partial charge is 0.165 e. The Kier molecular flexibility index (Phi) is 3.78. The van der Waals surface area contributed by atoms with E-state index in [1.807, 2.05) is 13.1 Å². The lowest BCUT2D eigenvalue weighted by atomic mass is 9.86. The number of halogens is 1. The van der Waals surface area contributed by atoms with Crippen LogP contribution in [0.2, 0.25) is 0 Å². The molecule has 0 aliphatic heterocycles. The lowest BCUT2D eigenvalue weighted by molar-refractivity contribution is 0.175. The minimum absolute atomic E-state index is 0.257. The molecule has 88 valence electrons. The Morgan fingerprint density at radius 2 is 2.25 bits per heavy atom. The Labute approximate surface area is 95.8 Å². The van der Waals surface area contributed by atoms with Crippen molar-refractivity contribution in [3.63, 3.8) is 0 Å². The Balaban J connectivity index is 1.92. The van der Waals surface area contributed by atoms with Crippen LogP contribution in [0.4, 0.5) is 4.39 Å². The Morgan fingerprint density at radius 3 is 2.81 bits per heavy atom. The highest BCUT2D eigenvalue weighted by Gasteiger charge is 2.18. The van der Waals surface area contributed by atoms with Crippen LogP contribution < -0.4 is 10.1 Å². The molecule has 2 rings (SSSR count). The monoisotopic (exact) mass is 223 g/mol. The third-order valence-corrected chi connectivity index (χ3v) is 3.08. The minimum atomic E-state index is -0.257. The quantitative estimate of drug-likeness (QED) is 0.828. The predicted octanol–water partition coefficient (Wildman–Crippen LogP) is 2.72. The fourth-order valence-corrected chi connectivity index (χ4v) is 1.84. The molecule has 0 aromatic heterocycles. The summed E-state index contributed by atoms with van der Waals surface area (Å²) in [7, 11) is 1.85. The van der Waals surface area contributed by atoms with Crippen molar-refractivity contribution in [3.8, 4) is 5.75 Å². The van der Waals surface area contributed by atoms with Gasteiger partial charge in [-0.2, -0.15) is 0 Å². The van der Waals surface area contributed by atoms with E-state index >= 15 is 0 Å². The SMILES string of the molecule is CNCc1ccc(OCC2CCC2)c(F)c1. The standard InChI is InChI=1S/C13H18FNO/c1-15-8-11-5-6-13(12(14)7-11)16-9-10-3-2-4-10/h5-7,10,15H,2-4,8-9H2,1H3. The molecule has 16 heavy (non-hydrogen) atoms. The molecule has 2 nitrogen and oxygen atoms in total. The average molecular weight is 223 g/mol. The molecule has 1 aromatic rings. The number of hydrogen-bond acceptors (Lipinski definition) is 2. The number of benzene rings is 1. The van der Waals surface area contributed by atoms with Gasteiger partial charge in [-0.1, -0.05) is 12.5 Å². The molecule has 1 saturated carbocycles. The molecule has 0 atom stereocenters. The molecule has 0 bridgehead atoms. The molecule has 0 unspecified atom stereocenters. The normalized spacial score (nSPS) is 15.9. The van der Waals surface area contributed by atoms with Gasteiger partial charge in [0.05, 0.1) is 6.61 Å². The van der Waals surface area contributed by atoms with Gasteiger partial charge in [0.1, 0.15) is 0 Å². The highest BCUT2D eigenvalue weighted by molar-refractivity contribution is 5.29. The Hall–Kier alpha value is -1.09. The van der Waals surface area contributed by atoms with Crippen molar-refractivity contribution in [2.75, 3.05) is 13.7 Å². The van der Waals surface area contributed by atoms with E-state index in [0.717, 1.165) is 5.56 Å². The molecule has 0 heterocycles. The molecule has 0 amide bonds. The van der Waals surface area contributed by atoms with E-state index in [4.69, 9.17) is 4.74 Å². The van der Waals surface area contributed by atoms with Crippen LogP contribution in [0, 0.1) is 11.7 Å². The van der Waals surface area contributed by atoms with E-state index < -0.39 is 0 Å². The van der Waals surface area contributed by atoms with Crippen molar-refractivity contribution < 1.29 is 9.13 Å². The van der Waals surface area contributed by atoms with Gasteiger partial charge < -0.3 is 10.1 Å². The molecular weight excluding hydrogens is 205 g/mol. The summed E-state index contributed by atoms with van der Waals surface area (Å²) in [5.74, 6) is 0.759. The number of rotatable bonds is 5. The van der Waals surface area contributed by atoms with Gasteiger partial charge in [-0.25, -0.2) is 4.39 Å². The summed E-state index contributed by atoms with van der Waals surface area (Å²) >= 11 is 0. The van der Waals surface area contributed by atoms with Crippen LogP contribution in [0.25, 0.3) is 0 Å². The fourth-order valence-electron chi connectivity index (χ4n) is 1.84. The number of hydrogen-bond donors (Lipinski definition) is 1. The van der Waals surface area contributed by atoms with Gasteiger partial charge in [-0.15, -0.1) is 0 Å². The number of ether oxygens (including phenoxy) is 1. The molecule has 0 spiro atoms. The Bertz CT molecular complexity index is 350. The zero-order chi connectivity index (χ0) is 11.4. The van der Waals surface area contributed by atoms with Gasteiger partial charge in [0, 0.05) is 6.54 Å². The van der Waals surface area contributed by atoms with Crippen LogP contribution >= 0.6 is 0 Å². The van der Waals surface area contributed by atoms with Gasteiger partial charge in [-0.05, 0) is 43.5 Å². The van der Waals surface area contributed by atoms with Crippen LogP contribution in [0.1, 0.15) is 24.8 Å². The zero-order valence-electron chi connectivity index (χ0n) is 9.63. The second kappa shape index (κ2) is 5.30. The maximum atomic E-state index is 13.6. The van der Waals surface area contributed by atoms with E-state index in [0.29, 0.717) is 24.8 Å². The van der Waals surface area contributed by atoms with Gasteiger partial charge in [0.15, 0.2) is 11.6 Å². The summed E-state index contributed by atoms with van der Waals surface area (Å²) in [5.41, 5.74) is 0.941. The van der Waals surface area contributed by atoms with Crippen molar-refractivity contribution in [3.05, 3.63) is 29.6 Å². The first kappa shape index (κ1) is 11.4. The molecule has 1 aromatic carbocycles. The molecule has 0 radical (unpaired) electrons. The lowest BCUT2D eigenvalue weighted by Crippen LogP contribution is -2.19. The fraction of sp³-hybridized carbons (Fsp3) is 0.538. The first-order valence-electron chi connectivity index (χ1n) is 5.85. The minimum Gasteiger partial charge on any atom is -0.490 e. The maximum Gasteiger partial charge on any atom is 0.165 e. The molecule has 1 aliphatic carbocycles. The summed E-state index contributed by atoms with van der Waals surface area (Å²) in [5, 5.41) is 2.99. The van der Waals surface area contributed by atoms with Gasteiger partial charge >= 0.3 is 0 Å². The zero-order valence-corrected chi connectivity index (χ0v) is 9.63. The van der Waals surface area contributed by atoms with Crippen LogP contribution in [0.15, 0.2) is 18.2 Å². The van der Waals surface area contributed by atoms with Crippen molar-refractivity contribution in [1.29, 1.82) is 0 Å². The summed E-state index contributed by atoms with van der Waals surface area (Å²) in [6, 6.07) is 5.16. The van der Waals surface area contributed by atoms with E-state index in [-0.39, 0.29) is 5.82 Å². The molecule has 3 heteroatoms. The molecular formula is C13H18FNO. The van der Waals surface area contributed by atoms with E-state index in [1.54, 1.807) is 6.07 Å². The van der Waals surface area contributed by atoms with Gasteiger partial charge in [0.2, 0.25) is 0 Å². The van der Waals surface area contributed by atoms with Crippen LogP contribution in [0.3, 0.4) is 0 Å². The largest absolute Gasteiger partial charge is 0.490 e. The topological polar surface area (TPSA) is 21.3 Å². The molecule has 1 fully saturated rings. The highest BCUT2D eigenvalue weighted by atomic mass is 19.1. The highest BCUT2D eigenvalue weighted by Crippen LogP contribution is 2.28. The van der Waals surface area contributed by atoms with Crippen molar-refractivity contribution in [1.82, 2.24) is 5.32 Å². The van der Waals surface area contributed by atoms with Crippen LogP contribution in [-0.4, -0.2) is 13.7 Å². The first-order valence-corrected chi connectivity index (χ1v) is 5.85. The second-order valence-electron chi connectivity index (χ2n) is 4.40. The molecule has 1 N–H and O–H groups in total. The lowest BCUT2D eigenvalue weighted by Gasteiger charge is -2.25. The maximum absolute atomic E-state index is 13.6. The van der Waals surface area contributed by atoms with Crippen molar-refractivity contribution in [2.24, 2.45) is 5.92 Å². The third-order valence-electron chi connectivity index (χ3n) is 3.08. The average Bonchev–Trinajstić information content (AvgIpc) is 2.19. The number of nitrogens with one attached hydrogen (secondary N) is 1.